The van der Waals surface area contributed by atoms with Crippen LogP contribution in [0.5, 0.6) is 5.75 Å². The lowest BCUT2D eigenvalue weighted by Gasteiger charge is -2.09. The second-order valence-electron chi connectivity index (χ2n) is 4.02. The fraction of sp³-hybridized carbons (Fsp3) is 0.154. The molecule has 0 saturated carbocycles. The Morgan fingerprint density at radius 3 is 2.83 bits per heavy atom. The number of hydrogen-bond donors (Lipinski definition) is 2. The highest BCUT2D eigenvalue weighted by Gasteiger charge is 2.03. The van der Waals surface area contributed by atoms with Crippen LogP contribution in [-0.2, 0) is 6.54 Å². The van der Waals surface area contributed by atoms with E-state index in [2.05, 4.69) is 10.3 Å². The molecule has 0 aliphatic carbocycles. The Hall–Kier alpha value is -1.81. The normalized spacial score (nSPS) is 10.4. The molecule has 2 aromatic rings. The molecule has 0 atom stereocenters. The first kappa shape index (κ1) is 12.6. The third-order valence-corrected chi connectivity index (χ3v) is 2.70. The van der Waals surface area contributed by atoms with Gasteiger partial charge >= 0.3 is 0 Å². The van der Waals surface area contributed by atoms with Crippen molar-refractivity contribution in [2.24, 2.45) is 0 Å². The molecule has 3 nitrogen and oxygen atoms in total. The van der Waals surface area contributed by atoms with Crippen molar-refractivity contribution in [3.05, 3.63) is 52.6 Å². The van der Waals surface area contributed by atoms with Crippen molar-refractivity contribution < 1.29 is 9.50 Å². The number of hydrogen-bond acceptors (Lipinski definition) is 3. The predicted octanol–water partition coefficient (Wildman–Crippen LogP) is 3.50. The molecule has 0 aliphatic rings. The summed E-state index contributed by atoms with van der Waals surface area (Å²) < 4.78 is 13.1. The van der Waals surface area contributed by atoms with Gasteiger partial charge in [0.15, 0.2) is 5.15 Å². The van der Waals surface area contributed by atoms with Gasteiger partial charge in [0.25, 0.3) is 0 Å². The minimum atomic E-state index is -0.472. The first-order chi connectivity index (χ1) is 8.54. The third-order valence-electron chi connectivity index (χ3n) is 2.40. The number of phenolic OH excluding ortho intramolecular Hbond substituents is 1. The lowest BCUT2D eigenvalue weighted by molar-refractivity contribution is 0.468. The summed E-state index contributed by atoms with van der Waals surface area (Å²) >= 11 is 5.93. The molecule has 0 aliphatic heterocycles. The molecule has 18 heavy (non-hydrogen) atoms. The fourth-order valence-corrected chi connectivity index (χ4v) is 1.78. The first-order valence-electron chi connectivity index (χ1n) is 5.39. The van der Waals surface area contributed by atoms with Gasteiger partial charge in [0.1, 0.15) is 11.6 Å². The highest BCUT2D eigenvalue weighted by Crippen LogP contribution is 2.21. The van der Waals surface area contributed by atoms with Crippen LogP contribution >= 0.6 is 11.6 Å². The lowest BCUT2D eigenvalue weighted by atomic mass is 10.2. The van der Waals surface area contributed by atoms with Gasteiger partial charge in [-0.25, -0.2) is 9.37 Å². The molecule has 1 aromatic heterocycles. The molecule has 1 heterocycles. The molecule has 2 rings (SSSR count). The van der Waals surface area contributed by atoms with Gasteiger partial charge in [-0.1, -0.05) is 11.6 Å². The van der Waals surface area contributed by atoms with E-state index in [0.29, 0.717) is 22.9 Å². The molecule has 1 aromatic carbocycles. The van der Waals surface area contributed by atoms with Crippen molar-refractivity contribution in [2.45, 2.75) is 13.5 Å². The molecule has 5 heteroatoms. The van der Waals surface area contributed by atoms with Crippen LogP contribution in [0.15, 0.2) is 30.5 Å². The summed E-state index contributed by atoms with van der Waals surface area (Å²) in [7, 11) is 0. The van der Waals surface area contributed by atoms with Crippen LogP contribution in [0.1, 0.15) is 11.1 Å². The molecule has 2 N–H and O–H groups in total. The number of aryl methyl sites for hydroxylation is 1. The van der Waals surface area contributed by atoms with Crippen LogP contribution in [0.3, 0.4) is 0 Å². The summed E-state index contributed by atoms with van der Waals surface area (Å²) in [5, 5.41) is 12.7. The predicted molar refractivity (Wildman–Crippen MR) is 69.4 cm³/mol. The third kappa shape index (κ3) is 3.11. The van der Waals surface area contributed by atoms with Gasteiger partial charge in [-0.05, 0) is 36.2 Å². The lowest BCUT2D eigenvalue weighted by Crippen LogP contribution is -2.01. The molecule has 0 saturated heterocycles. The minimum Gasteiger partial charge on any atom is -0.508 e. The second-order valence-corrected chi connectivity index (χ2v) is 4.38. The zero-order valence-electron chi connectivity index (χ0n) is 9.74. The quantitative estimate of drug-likeness (QED) is 0.836. The van der Waals surface area contributed by atoms with Gasteiger partial charge < -0.3 is 10.4 Å². The van der Waals surface area contributed by atoms with Gasteiger partial charge in [0.05, 0.1) is 5.69 Å². The molecule has 0 unspecified atom stereocenters. The SMILES string of the molecule is Cc1cnc(Cl)c(NCc2cc(O)cc(F)c2)c1. The molecular weight excluding hydrogens is 255 g/mol. The van der Waals surface area contributed by atoms with E-state index in [9.17, 15) is 9.50 Å². The van der Waals surface area contributed by atoms with E-state index in [1.54, 1.807) is 6.20 Å². The Kier molecular flexibility index (Phi) is 3.67. The smallest absolute Gasteiger partial charge is 0.152 e. The Balaban J connectivity index is 2.13. The summed E-state index contributed by atoms with van der Waals surface area (Å²) in [6.45, 7) is 2.26. The number of halogens is 2. The van der Waals surface area contributed by atoms with Gasteiger partial charge in [-0.3, -0.25) is 0 Å². The Morgan fingerprint density at radius 2 is 2.11 bits per heavy atom. The molecule has 0 spiro atoms. The van der Waals surface area contributed by atoms with Gasteiger partial charge in [0.2, 0.25) is 0 Å². The van der Waals surface area contributed by atoms with E-state index in [1.807, 2.05) is 13.0 Å². The van der Waals surface area contributed by atoms with Crippen LogP contribution in [0.4, 0.5) is 10.1 Å². The highest BCUT2D eigenvalue weighted by atomic mass is 35.5. The minimum absolute atomic E-state index is 0.0970. The van der Waals surface area contributed by atoms with Crippen molar-refractivity contribution in [3.63, 3.8) is 0 Å². The summed E-state index contributed by atoms with van der Waals surface area (Å²) in [5.74, 6) is -0.569. The van der Waals surface area contributed by atoms with Crippen LogP contribution < -0.4 is 5.32 Å². The zero-order valence-corrected chi connectivity index (χ0v) is 10.5. The van der Waals surface area contributed by atoms with Crippen LogP contribution in [-0.4, -0.2) is 10.1 Å². The number of rotatable bonds is 3. The molecule has 0 amide bonds. The molecule has 0 radical (unpaired) electrons. The number of benzene rings is 1. The summed E-state index contributed by atoms with van der Waals surface area (Å²) in [6.07, 6.45) is 1.67. The monoisotopic (exact) mass is 266 g/mol. The Labute approximate surface area is 109 Å². The van der Waals surface area contributed by atoms with E-state index in [-0.39, 0.29) is 5.75 Å². The summed E-state index contributed by atoms with van der Waals surface area (Å²) in [6, 6.07) is 5.76. The molecular formula is C13H12ClFN2O. The van der Waals surface area contributed by atoms with Crippen LogP contribution in [0.2, 0.25) is 5.15 Å². The number of pyridine rings is 1. The van der Waals surface area contributed by atoms with Gasteiger partial charge in [-0.2, -0.15) is 0 Å². The number of nitrogens with zero attached hydrogens (tertiary/aromatic N) is 1. The second kappa shape index (κ2) is 5.23. The highest BCUT2D eigenvalue weighted by molar-refractivity contribution is 6.31. The summed E-state index contributed by atoms with van der Waals surface area (Å²) in [4.78, 5) is 4.01. The average Bonchev–Trinajstić information content (AvgIpc) is 2.29. The average molecular weight is 267 g/mol. The Morgan fingerprint density at radius 1 is 1.33 bits per heavy atom. The molecule has 0 fully saturated rings. The summed E-state index contributed by atoms with van der Waals surface area (Å²) in [5.41, 5.74) is 2.29. The van der Waals surface area contributed by atoms with Crippen molar-refractivity contribution in [1.82, 2.24) is 4.98 Å². The molecule has 0 bridgehead atoms. The van der Waals surface area contributed by atoms with E-state index in [4.69, 9.17) is 11.6 Å². The number of nitrogens with one attached hydrogen (secondary N) is 1. The van der Waals surface area contributed by atoms with Crippen LogP contribution in [0, 0.1) is 12.7 Å². The number of anilines is 1. The van der Waals surface area contributed by atoms with E-state index >= 15 is 0 Å². The fourth-order valence-electron chi connectivity index (χ4n) is 1.61. The largest absolute Gasteiger partial charge is 0.508 e. The first-order valence-corrected chi connectivity index (χ1v) is 5.77. The maximum atomic E-state index is 13.1. The Bertz CT molecular complexity index is 555. The van der Waals surface area contributed by atoms with Crippen molar-refractivity contribution in [2.75, 3.05) is 5.32 Å². The maximum absolute atomic E-state index is 13.1. The van der Waals surface area contributed by atoms with Crippen molar-refractivity contribution in [1.29, 1.82) is 0 Å². The van der Waals surface area contributed by atoms with Crippen molar-refractivity contribution in [3.8, 4) is 5.75 Å². The maximum Gasteiger partial charge on any atom is 0.152 e. The van der Waals surface area contributed by atoms with E-state index < -0.39 is 5.82 Å². The standard InChI is InChI=1S/C13H12ClFN2O/c1-8-2-12(13(14)17-6-8)16-7-9-3-10(15)5-11(18)4-9/h2-6,16,18H,7H2,1H3. The number of aromatic hydroxyl groups is 1. The van der Waals surface area contributed by atoms with E-state index in [1.165, 1.54) is 12.1 Å². The number of aromatic nitrogens is 1. The number of phenols is 1. The van der Waals surface area contributed by atoms with Gasteiger partial charge in [-0.15, -0.1) is 0 Å². The van der Waals surface area contributed by atoms with Gasteiger partial charge in [0, 0.05) is 18.8 Å². The topological polar surface area (TPSA) is 45.2 Å². The van der Waals surface area contributed by atoms with Crippen LogP contribution in [0.25, 0.3) is 0 Å². The van der Waals surface area contributed by atoms with E-state index in [0.717, 1.165) is 11.6 Å². The zero-order chi connectivity index (χ0) is 13.1. The molecule has 94 valence electrons. The van der Waals surface area contributed by atoms with Crippen molar-refractivity contribution >= 4 is 17.3 Å².